The maximum absolute atomic E-state index is 10.9. The SMILES string of the molecule is CCC(N)CCC(=O)NCCO. The zero-order valence-corrected chi connectivity index (χ0v) is 7.55. The van der Waals surface area contributed by atoms with E-state index < -0.39 is 0 Å². The summed E-state index contributed by atoms with van der Waals surface area (Å²) in [5, 5.41) is 11.0. The molecule has 0 fully saturated rings. The summed E-state index contributed by atoms with van der Waals surface area (Å²) in [7, 11) is 0. The number of amides is 1. The highest BCUT2D eigenvalue weighted by Crippen LogP contribution is 1.97. The van der Waals surface area contributed by atoms with Crippen LogP contribution in [-0.2, 0) is 4.79 Å². The maximum atomic E-state index is 10.9. The second-order valence-corrected chi connectivity index (χ2v) is 2.78. The lowest BCUT2D eigenvalue weighted by atomic mass is 10.1. The predicted molar refractivity (Wildman–Crippen MR) is 47.6 cm³/mol. The molecule has 1 atom stereocenters. The van der Waals surface area contributed by atoms with Crippen LogP contribution in [0, 0.1) is 0 Å². The second-order valence-electron chi connectivity index (χ2n) is 2.78. The standard InChI is InChI=1S/C8H18N2O2/c1-2-7(9)3-4-8(12)10-5-6-11/h7,11H,2-6,9H2,1H3,(H,10,12). The molecule has 12 heavy (non-hydrogen) atoms. The Labute approximate surface area is 73.1 Å². The highest BCUT2D eigenvalue weighted by atomic mass is 16.3. The largest absolute Gasteiger partial charge is 0.395 e. The van der Waals surface area contributed by atoms with Crippen LogP contribution in [-0.4, -0.2) is 30.2 Å². The monoisotopic (exact) mass is 174 g/mol. The van der Waals surface area contributed by atoms with Gasteiger partial charge in [-0.15, -0.1) is 0 Å². The van der Waals surface area contributed by atoms with Gasteiger partial charge in [0.05, 0.1) is 6.61 Å². The summed E-state index contributed by atoms with van der Waals surface area (Å²) < 4.78 is 0. The van der Waals surface area contributed by atoms with Crippen molar-refractivity contribution in [3.63, 3.8) is 0 Å². The molecule has 4 N–H and O–H groups in total. The Balaban J connectivity index is 3.31. The van der Waals surface area contributed by atoms with Crippen molar-refractivity contribution in [2.24, 2.45) is 5.73 Å². The molecule has 0 rings (SSSR count). The number of hydrogen-bond donors (Lipinski definition) is 3. The number of carbonyl (C=O) groups excluding carboxylic acids is 1. The maximum Gasteiger partial charge on any atom is 0.220 e. The number of aliphatic hydroxyl groups is 1. The first-order valence-corrected chi connectivity index (χ1v) is 4.33. The fourth-order valence-corrected chi connectivity index (χ4v) is 0.804. The average Bonchev–Trinajstić information content (AvgIpc) is 2.10. The number of rotatable bonds is 6. The van der Waals surface area contributed by atoms with Gasteiger partial charge in [0.25, 0.3) is 0 Å². The van der Waals surface area contributed by atoms with E-state index in [-0.39, 0.29) is 18.6 Å². The van der Waals surface area contributed by atoms with Gasteiger partial charge in [0.1, 0.15) is 0 Å². The van der Waals surface area contributed by atoms with Crippen LogP contribution in [0.25, 0.3) is 0 Å². The van der Waals surface area contributed by atoms with Gasteiger partial charge >= 0.3 is 0 Å². The minimum atomic E-state index is -0.0343. The first kappa shape index (κ1) is 11.4. The van der Waals surface area contributed by atoms with Crippen LogP contribution in [0.2, 0.25) is 0 Å². The zero-order valence-electron chi connectivity index (χ0n) is 7.55. The highest BCUT2D eigenvalue weighted by Gasteiger charge is 2.03. The van der Waals surface area contributed by atoms with E-state index in [9.17, 15) is 4.79 Å². The van der Waals surface area contributed by atoms with Gasteiger partial charge < -0.3 is 16.2 Å². The molecule has 0 spiro atoms. The molecule has 0 bridgehead atoms. The fraction of sp³-hybridized carbons (Fsp3) is 0.875. The number of carbonyl (C=O) groups is 1. The van der Waals surface area contributed by atoms with Gasteiger partial charge in [-0.3, -0.25) is 4.79 Å². The minimum Gasteiger partial charge on any atom is -0.395 e. The predicted octanol–water partition coefficient (Wildman–Crippen LogP) is -0.388. The van der Waals surface area contributed by atoms with Gasteiger partial charge in [-0.25, -0.2) is 0 Å². The molecule has 0 saturated heterocycles. The van der Waals surface area contributed by atoms with Crippen molar-refractivity contribution in [1.29, 1.82) is 0 Å². The third-order valence-corrected chi connectivity index (χ3v) is 1.70. The van der Waals surface area contributed by atoms with E-state index in [4.69, 9.17) is 10.8 Å². The van der Waals surface area contributed by atoms with Gasteiger partial charge in [-0.1, -0.05) is 6.92 Å². The molecule has 0 aliphatic rings. The summed E-state index contributed by atoms with van der Waals surface area (Å²) in [5.41, 5.74) is 5.62. The summed E-state index contributed by atoms with van der Waals surface area (Å²) in [4.78, 5) is 10.9. The smallest absolute Gasteiger partial charge is 0.220 e. The van der Waals surface area contributed by atoms with Gasteiger partial charge in [0.2, 0.25) is 5.91 Å². The molecule has 4 nitrogen and oxygen atoms in total. The molecule has 0 aromatic rings. The Hall–Kier alpha value is -0.610. The Morgan fingerprint density at radius 1 is 1.67 bits per heavy atom. The molecular formula is C8H18N2O2. The molecule has 1 unspecified atom stereocenters. The molecule has 4 heteroatoms. The van der Waals surface area contributed by atoms with Crippen LogP contribution in [0.15, 0.2) is 0 Å². The van der Waals surface area contributed by atoms with Crippen molar-refractivity contribution in [3.05, 3.63) is 0 Å². The van der Waals surface area contributed by atoms with Crippen LogP contribution in [0.3, 0.4) is 0 Å². The van der Waals surface area contributed by atoms with Gasteiger partial charge in [-0.05, 0) is 12.8 Å². The van der Waals surface area contributed by atoms with E-state index in [1.54, 1.807) is 0 Å². The van der Waals surface area contributed by atoms with E-state index in [0.29, 0.717) is 19.4 Å². The van der Waals surface area contributed by atoms with Gasteiger partial charge in [0, 0.05) is 19.0 Å². The molecule has 1 amide bonds. The zero-order chi connectivity index (χ0) is 9.40. The number of nitrogens with two attached hydrogens (primary N) is 1. The average molecular weight is 174 g/mol. The molecule has 0 heterocycles. The summed E-state index contributed by atoms with van der Waals surface area (Å²) >= 11 is 0. The van der Waals surface area contributed by atoms with Crippen LogP contribution in [0.5, 0.6) is 0 Å². The Bertz CT molecular complexity index is 128. The Kier molecular flexibility index (Phi) is 6.70. The van der Waals surface area contributed by atoms with E-state index >= 15 is 0 Å². The summed E-state index contributed by atoms with van der Waals surface area (Å²) in [6.07, 6.45) is 2.07. The fourth-order valence-electron chi connectivity index (χ4n) is 0.804. The first-order chi connectivity index (χ1) is 5.70. The molecule has 0 aromatic carbocycles. The van der Waals surface area contributed by atoms with Crippen LogP contribution >= 0.6 is 0 Å². The highest BCUT2D eigenvalue weighted by molar-refractivity contribution is 5.75. The van der Waals surface area contributed by atoms with Crippen LogP contribution in [0.4, 0.5) is 0 Å². The topological polar surface area (TPSA) is 75.4 Å². The van der Waals surface area contributed by atoms with E-state index in [1.165, 1.54) is 0 Å². The third kappa shape index (κ3) is 6.12. The van der Waals surface area contributed by atoms with Crippen LogP contribution < -0.4 is 11.1 Å². The molecular weight excluding hydrogens is 156 g/mol. The van der Waals surface area contributed by atoms with E-state index in [2.05, 4.69) is 5.32 Å². The summed E-state index contributed by atoms with van der Waals surface area (Å²) in [6.45, 7) is 2.32. The van der Waals surface area contributed by atoms with Crippen molar-refractivity contribution in [1.82, 2.24) is 5.32 Å². The van der Waals surface area contributed by atoms with Crippen LogP contribution in [0.1, 0.15) is 26.2 Å². The number of nitrogens with one attached hydrogen (secondary N) is 1. The van der Waals surface area contributed by atoms with E-state index in [1.807, 2.05) is 6.92 Å². The Morgan fingerprint density at radius 3 is 2.83 bits per heavy atom. The van der Waals surface area contributed by atoms with E-state index in [0.717, 1.165) is 6.42 Å². The molecule has 72 valence electrons. The summed E-state index contributed by atoms with van der Waals surface area (Å²) in [6, 6.07) is 0.116. The quantitative estimate of drug-likeness (QED) is 0.513. The number of aliphatic hydroxyl groups excluding tert-OH is 1. The van der Waals surface area contributed by atoms with Gasteiger partial charge in [-0.2, -0.15) is 0 Å². The second kappa shape index (κ2) is 7.06. The third-order valence-electron chi connectivity index (χ3n) is 1.70. The summed E-state index contributed by atoms with van der Waals surface area (Å²) in [5.74, 6) is -0.0343. The molecule has 0 aliphatic heterocycles. The molecule has 0 aliphatic carbocycles. The van der Waals surface area contributed by atoms with Crippen molar-refractivity contribution in [2.75, 3.05) is 13.2 Å². The lowest BCUT2D eigenvalue weighted by Crippen LogP contribution is -2.28. The molecule has 0 saturated carbocycles. The molecule has 0 radical (unpaired) electrons. The lowest BCUT2D eigenvalue weighted by molar-refractivity contribution is -0.121. The van der Waals surface area contributed by atoms with Crippen molar-refractivity contribution >= 4 is 5.91 Å². The van der Waals surface area contributed by atoms with Crippen molar-refractivity contribution in [3.8, 4) is 0 Å². The Morgan fingerprint density at radius 2 is 2.33 bits per heavy atom. The van der Waals surface area contributed by atoms with Crippen molar-refractivity contribution < 1.29 is 9.90 Å². The van der Waals surface area contributed by atoms with Gasteiger partial charge in [0.15, 0.2) is 0 Å². The number of hydrogen-bond acceptors (Lipinski definition) is 3. The first-order valence-electron chi connectivity index (χ1n) is 4.33. The normalized spacial score (nSPS) is 12.6. The minimum absolute atomic E-state index is 0.00836. The van der Waals surface area contributed by atoms with Crippen molar-refractivity contribution in [2.45, 2.75) is 32.2 Å². The lowest BCUT2D eigenvalue weighted by Gasteiger charge is -2.07. The molecule has 0 aromatic heterocycles.